The fraction of sp³-hybridized carbons (Fsp3) is 0.294. The Bertz CT molecular complexity index is 730. The van der Waals surface area contributed by atoms with Crippen LogP contribution >= 0.6 is 0 Å². The van der Waals surface area contributed by atoms with Crippen LogP contribution < -0.4 is 10.1 Å². The molecular formula is C17H18N2O2. The number of furan rings is 1. The Morgan fingerprint density at radius 1 is 1.24 bits per heavy atom. The highest BCUT2D eigenvalue weighted by molar-refractivity contribution is 5.87. The number of benzene rings is 1. The number of aromatic nitrogens is 1. The molecule has 0 aliphatic carbocycles. The van der Waals surface area contributed by atoms with E-state index in [1.54, 1.807) is 6.26 Å². The van der Waals surface area contributed by atoms with Crippen molar-refractivity contribution in [3.63, 3.8) is 0 Å². The van der Waals surface area contributed by atoms with Gasteiger partial charge in [-0.1, -0.05) is 6.07 Å². The summed E-state index contributed by atoms with van der Waals surface area (Å²) in [6, 6.07) is 10.3. The zero-order chi connectivity index (χ0) is 14.1. The van der Waals surface area contributed by atoms with Crippen molar-refractivity contribution in [3.05, 3.63) is 54.1 Å². The van der Waals surface area contributed by atoms with E-state index in [2.05, 4.69) is 28.5 Å². The van der Waals surface area contributed by atoms with Crippen LogP contribution in [0.5, 0.6) is 5.75 Å². The van der Waals surface area contributed by atoms with Crippen molar-refractivity contribution in [3.8, 4) is 5.75 Å². The number of nitrogens with one attached hydrogen (secondary N) is 2. The Labute approximate surface area is 123 Å². The van der Waals surface area contributed by atoms with E-state index in [1.165, 1.54) is 10.9 Å². The molecular weight excluding hydrogens is 264 g/mol. The Balaban J connectivity index is 1.44. The normalized spacial score (nSPS) is 17.6. The van der Waals surface area contributed by atoms with Gasteiger partial charge in [-0.25, -0.2) is 0 Å². The quantitative estimate of drug-likeness (QED) is 0.772. The molecule has 4 rings (SSSR count). The second kappa shape index (κ2) is 5.30. The number of rotatable bonds is 4. The smallest absolute Gasteiger partial charge is 0.132 e. The van der Waals surface area contributed by atoms with Crippen LogP contribution in [0.15, 0.2) is 47.2 Å². The molecule has 3 aromatic rings. The standard InChI is InChI=1S/C17H18N2O2/c1-2-13(20-9-1)10-18-11-14-5-3-12-4-6-16-15(7-8-19-16)17(12)21-14/h1-2,4,6-9,14,18-19H,3,5,10-11H2/t14-/m0/s1. The van der Waals surface area contributed by atoms with Crippen molar-refractivity contribution in [2.45, 2.75) is 25.5 Å². The second-order valence-corrected chi connectivity index (χ2v) is 5.48. The summed E-state index contributed by atoms with van der Waals surface area (Å²) in [4.78, 5) is 3.24. The molecule has 21 heavy (non-hydrogen) atoms. The van der Waals surface area contributed by atoms with Gasteiger partial charge in [-0.2, -0.15) is 0 Å². The van der Waals surface area contributed by atoms with E-state index in [9.17, 15) is 0 Å². The van der Waals surface area contributed by atoms with Crippen LogP contribution in [0.2, 0.25) is 0 Å². The van der Waals surface area contributed by atoms with Crippen molar-refractivity contribution in [2.75, 3.05) is 6.54 Å². The number of hydrogen-bond donors (Lipinski definition) is 2. The molecule has 1 aromatic carbocycles. The largest absolute Gasteiger partial charge is 0.488 e. The summed E-state index contributed by atoms with van der Waals surface area (Å²) in [5.74, 6) is 2.00. The first-order valence-electron chi connectivity index (χ1n) is 7.39. The van der Waals surface area contributed by atoms with Crippen LogP contribution in [0.1, 0.15) is 17.7 Å². The van der Waals surface area contributed by atoms with Gasteiger partial charge in [-0.3, -0.25) is 0 Å². The molecule has 0 radical (unpaired) electrons. The Morgan fingerprint density at radius 2 is 2.24 bits per heavy atom. The molecule has 0 unspecified atom stereocenters. The van der Waals surface area contributed by atoms with Gasteiger partial charge in [-0.05, 0) is 42.7 Å². The lowest BCUT2D eigenvalue weighted by Gasteiger charge is -2.27. The molecule has 4 heteroatoms. The zero-order valence-electron chi connectivity index (χ0n) is 11.8. The maximum atomic E-state index is 6.21. The molecule has 0 saturated carbocycles. The number of fused-ring (bicyclic) bond motifs is 3. The third-order valence-corrected chi connectivity index (χ3v) is 4.04. The fourth-order valence-electron chi connectivity index (χ4n) is 2.94. The lowest BCUT2D eigenvalue weighted by molar-refractivity contribution is 0.172. The van der Waals surface area contributed by atoms with E-state index in [4.69, 9.17) is 9.15 Å². The molecule has 0 saturated heterocycles. The topological polar surface area (TPSA) is 50.2 Å². The molecule has 1 aliphatic heterocycles. The van der Waals surface area contributed by atoms with Crippen molar-refractivity contribution in [2.24, 2.45) is 0 Å². The number of aromatic amines is 1. The molecule has 2 aromatic heterocycles. The summed E-state index contributed by atoms with van der Waals surface area (Å²) in [5, 5.41) is 4.59. The highest BCUT2D eigenvalue weighted by Gasteiger charge is 2.21. The molecule has 108 valence electrons. The Hall–Kier alpha value is -2.20. The molecule has 1 aliphatic rings. The summed E-state index contributed by atoms with van der Waals surface area (Å²) < 4.78 is 11.5. The molecule has 4 nitrogen and oxygen atoms in total. The van der Waals surface area contributed by atoms with Gasteiger partial charge in [-0.15, -0.1) is 0 Å². The van der Waals surface area contributed by atoms with Crippen molar-refractivity contribution in [1.82, 2.24) is 10.3 Å². The molecule has 0 bridgehead atoms. The molecule has 0 amide bonds. The van der Waals surface area contributed by atoms with E-state index in [0.717, 1.165) is 43.0 Å². The van der Waals surface area contributed by atoms with Gasteiger partial charge in [0.25, 0.3) is 0 Å². The minimum atomic E-state index is 0.216. The fourth-order valence-corrected chi connectivity index (χ4v) is 2.94. The first kappa shape index (κ1) is 12.5. The molecule has 2 N–H and O–H groups in total. The Kier molecular flexibility index (Phi) is 3.16. The van der Waals surface area contributed by atoms with Crippen LogP contribution in [-0.4, -0.2) is 17.6 Å². The second-order valence-electron chi connectivity index (χ2n) is 5.48. The third kappa shape index (κ3) is 2.43. The van der Waals surface area contributed by atoms with Gasteiger partial charge in [0.2, 0.25) is 0 Å². The third-order valence-electron chi connectivity index (χ3n) is 4.04. The van der Waals surface area contributed by atoms with E-state index < -0.39 is 0 Å². The first-order chi connectivity index (χ1) is 10.4. The van der Waals surface area contributed by atoms with E-state index in [-0.39, 0.29) is 6.10 Å². The molecule has 3 heterocycles. The average Bonchev–Trinajstić information content (AvgIpc) is 3.18. The van der Waals surface area contributed by atoms with E-state index in [0.29, 0.717) is 0 Å². The number of ether oxygens (including phenoxy) is 1. The lowest BCUT2D eigenvalue weighted by atomic mass is 10.00. The van der Waals surface area contributed by atoms with Gasteiger partial charge in [0.05, 0.1) is 12.8 Å². The zero-order valence-corrected chi connectivity index (χ0v) is 11.8. The minimum absolute atomic E-state index is 0.216. The summed E-state index contributed by atoms with van der Waals surface area (Å²) in [6.45, 7) is 1.58. The van der Waals surface area contributed by atoms with Crippen LogP contribution in [0.3, 0.4) is 0 Å². The van der Waals surface area contributed by atoms with Gasteiger partial charge in [0.1, 0.15) is 17.6 Å². The van der Waals surface area contributed by atoms with Crippen LogP contribution in [0, 0.1) is 0 Å². The van der Waals surface area contributed by atoms with Crippen LogP contribution in [0.4, 0.5) is 0 Å². The lowest BCUT2D eigenvalue weighted by Crippen LogP contribution is -2.33. The number of hydrogen-bond acceptors (Lipinski definition) is 3. The summed E-state index contributed by atoms with van der Waals surface area (Å²) in [6.07, 6.45) is 6.01. The van der Waals surface area contributed by atoms with Crippen molar-refractivity contribution in [1.29, 1.82) is 0 Å². The van der Waals surface area contributed by atoms with Gasteiger partial charge < -0.3 is 19.5 Å². The highest BCUT2D eigenvalue weighted by Crippen LogP contribution is 2.34. The minimum Gasteiger partial charge on any atom is -0.488 e. The predicted molar refractivity (Wildman–Crippen MR) is 81.5 cm³/mol. The SMILES string of the molecule is c1coc(CNC[C@@H]2CCc3ccc4[nH]ccc4c3O2)c1. The van der Waals surface area contributed by atoms with Gasteiger partial charge in [0, 0.05) is 23.6 Å². The molecule has 0 fully saturated rings. The van der Waals surface area contributed by atoms with Gasteiger partial charge in [0.15, 0.2) is 0 Å². The van der Waals surface area contributed by atoms with Crippen molar-refractivity contribution < 1.29 is 9.15 Å². The van der Waals surface area contributed by atoms with E-state index in [1.807, 2.05) is 18.3 Å². The monoisotopic (exact) mass is 282 g/mol. The summed E-state index contributed by atoms with van der Waals surface area (Å²) in [5.41, 5.74) is 2.45. The number of H-pyrrole nitrogens is 1. The van der Waals surface area contributed by atoms with Crippen LogP contribution in [-0.2, 0) is 13.0 Å². The first-order valence-corrected chi connectivity index (χ1v) is 7.39. The molecule has 1 atom stereocenters. The van der Waals surface area contributed by atoms with E-state index >= 15 is 0 Å². The summed E-state index contributed by atoms with van der Waals surface area (Å²) >= 11 is 0. The maximum Gasteiger partial charge on any atom is 0.132 e. The average molecular weight is 282 g/mol. The molecule has 0 spiro atoms. The van der Waals surface area contributed by atoms with Crippen LogP contribution in [0.25, 0.3) is 10.9 Å². The Morgan fingerprint density at radius 3 is 3.14 bits per heavy atom. The number of aryl methyl sites for hydroxylation is 1. The van der Waals surface area contributed by atoms with Gasteiger partial charge >= 0.3 is 0 Å². The highest BCUT2D eigenvalue weighted by atomic mass is 16.5. The predicted octanol–water partition coefficient (Wildman–Crippen LogP) is 3.24. The maximum absolute atomic E-state index is 6.21. The van der Waals surface area contributed by atoms with Crippen molar-refractivity contribution >= 4 is 10.9 Å². The summed E-state index contributed by atoms with van der Waals surface area (Å²) in [7, 11) is 0.